The normalized spacial score (nSPS) is 11.7. The Labute approximate surface area is 137 Å². The number of hydrogen-bond donors (Lipinski definition) is 1. The topological polar surface area (TPSA) is 64.0 Å². The van der Waals surface area contributed by atoms with E-state index < -0.39 is 10.0 Å². The summed E-state index contributed by atoms with van der Waals surface area (Å²) in [6.07, 6.45) is 1.52. The standard InChI is InChI=1S/C13H15BrClN3O2S/c1-4-18-7-13(16-9(18)3)21(19,20)17-12-6-11(15)8(2)5-10(12)14/h5-7,17H,4H2,1-3H3. The number of anilines is 1. The van der Waals surface area contributed by atoms with E-state index in [4.69, 9.17) is 11.6 Å². The van der Waals surface area contributed by atoms with Crippen LogP contribution in [0.5, 0.6) is 0 Å². The summed E-state index contributed by atoms with van der Waals surface area (Å²) in [7, 11) is -3.75. The summed E-state index contributed by atoms with van der Waals surface area (Å²) in [5.74, 6) is 0.652. The first-order valence-electron chi connectivity index (χ1n) is 6.27. The highest BCUT2D eigenvalue weighted by Gasteiger charge is 2.20. The molecule has 0 radical (unpaired) electrons. The van der Waals surface area contributed by atoms with Crippen molar-refractivity contribution in [2.24, 2.45) is 0 Å². The van der Waals surface area contributed by atoms with Crippen LogP contribution in [-0.2, 0) is 16.6 Å². The number of rotatable bonds is 4. The highest BCUT2D eigenvalue weighted by atomic mass is 79.9. The minimum Gasteiger partial charge on any atom is -0.334 e. The summed E-state index contributed by atoms with van der Waals surface area (Å²) in [4.78, 5) is 4.08. The van der Waals surface area contributed by atoms with Crippen LogP contribution in [0.2, 0.25) is 5.02 Å². The lowest BCUT2D eigenvalue weighted by Gasteiger charge is -2.10. The molecule has 0 fully saturated rings. The smallest absolute Gasteiger partial charge is 0.280 e. The van der Waals surface area contributed by atoms with Gasteiger partial charge in [-0.2, -0.15) is 8.42 Å². The molecule has 1 N–H and O–H groups in total. The van der Waals surface area contributed by atoms with Crippen LogP contribution >= 0.6 is 27.5 Å². The molecule has 2 aromatic rings. The lowest BCUT2D eigenvalue weighted by Crippen LogP contribution is -2.14. The molecule has 114 valence electrons. The lowest BCUT2D eigenvalue weighted by molar-refractivity contribution is 0.598. The summed E-state index contributed by atoms with van der Waals surface area (Å²) < 4.78 is 29.7. The first-order valence-corrected chi connectivity index (χ1v) is 8.92. The molecule has 0 amide bonds. The zero-order chi connectivity index (χ0) is 15.8. The van der Waals surface area contributed by atoms with Crippen LogP contribution in [0, 0.1) is 13.8 Å². The third-order valence-electron chi connectivity index (χ3n) is 3.06. The van der Waals surface area contributed by atoms with Crippen molar-refractivity contribution in [3.8, 4) is 0 Å². The monoisotopic (exact) mass is 391 g/mol. The number of imidazole rings is 1. The molecule has 5 nitrogen and oxygen atoms in total. The van der Waals surface area contributed by atoms with Crippen LogP contribution in [0.4, 0.5) is 5.69 Å². The van der Waals surface area contributed by atoms with Crippen molar-refractivity contribution in [2.75, 3.05) is 4.72 Å². The number of nitrogens with one attached hydrogen (secondary N) is 1. The molecule has 0 saturated carbocycles. The molecule has 0 spiro atoms. The van der Waals surface area contributed by atoms with Crippen molar-refractivity contribution in [1.29, 1.82) is 0 Å². The van der Waals surface area contributed by atoms with Crippen molar-refractivity contribution in [1.82, 2.24) is 9.55 Å². The molecule has 0 saturated heterocycles. The second kappa shape index (κ2) is 5.98. The SMILES string of the molecule is CCn1cc(S(=O)(=O)Nc2cc(Cl)c(C)cc2Br)nc1C. The average Bonchev–Trinajstić information content (AvgIpc) is 2.78. The Morgan fingerprint density at radius 3 is 2.62 bits per heavy atom. The summed E-state index contributed by atoms with van der Waals surface area (Å²) in [5.41, 5.74) is 1.24. The Morgan fingerprint density at radius 1 is 1.38 bits per heavy atom. The summed E-state index contributed by atoms with van der Waals surface area (Å²) in [6.45, 7) is 6.20. The molecule has 8 heteroatoms. The van der Waals surface area contributed by atoms with E-state index in [0.29, 0.717) is 27.6 Å². The second-order valence-corrected chi connectivity index (χ2v) is 7.49. The van der Waals surface area contributed by atoms with Crippen molar-refractivity contribution in [3.63, 3.8) is 0 Å². The van der Waals surface area contributed by atoms with Gasteiger partial charge in [0.15, 0.2) is 5.03 Å². The number of halogens is 2. The van der Waals surface area contributed by atoms with Crippen LogP contribution in [0.25, 0.3) is 0 Å². The van der Waals surface area contributed by atoms with Crippen molar-refractivity contribution < 1.29 is 8.42 Å². The van der Waals surface area contributed by atoms with Crippen molar-refractivity contribution in [3.05, 3.63) is 39.2 Å². The van der Waals surface area contributed by atoms with E-state index in [1.165, 1.54) is 6.20 Å². The van der Waals surface area contributed by atoms with Crippen LogP contribution < -0.4 is 4.72 Å². The van der Waals surface area contributed by atoms with Gasteiger partial charge >= 0.3 is 0 Å². The molecule has 1 heterocycles. The fourth-order valence-electron chi connectivity index (χ4n) is 1.85. The Balaban J connectivity index is 2.39. The van der Waals surface area contributed by atoms with Gasteiger partial charge in [-0.05, 0) is 54.4 Å². The third kappa shape index (κ3) is 3.41. The van der Waals surface area contributed by atoms with E-state index in [2.05, 4.69) is 25.6 Å². The number of nitrogens with zero attached hydrogens (tertiary/aromatic N) is 2. The van der Waals surface area contributed by atoms with E-state index in [1.54, 1.807) is 23.6 Å². The molecule has 21 heavy (non-hydrogen) atoms. The third-order valence-corrected chi connectivity index (χ3v) is 5.36. The highest BCUT2D eigenvalue weighted by Crippen LogP contribution is 2.30. The number of hydrogen-bond acceptors (Lipinski definition) is 3. The van der Waals surface area contributed by atoms with Gasteiger partial charge in [-0.1, -0.05) is 11.6 Å². The largest absolute Gasteiger partial charge is 0.334 e. The molecule has 0 aliphatic heterocycles. The molecular weight excluding hydrogens is 378 g/mol. The number of sulfonamides is 1. The minimum atomic E-state index is -3.75. The van der Waals surface area contributed by atoms with E-state index >= 15 is 0 Å². The maximum Gasteiger partial charge on any atom is 0.280 e. The van der Waals surface area contributed by atoms with Gasteiger partial charge in [0.05, 0.1) is 5.69 Å². The van der Waals surface area contributed by atoms with Crippen LogP contribution in [0.15, 0.2) is 27.8 Å². The fourth-order valence-corrected chi connectivity index (χ4v) is 3.78. The molecule has 2 rings (SSSR count). The minimum absolute atomic E-state index is 0.00884. The van der Waals surface area contributed by atoms with E-state index in [0.717, 1.165) is 5.56 Å². The van der Waals surface area contributed by atoms with Crippen LogP contribution in [0.3, 0.4) is 0 Å². The van der Waals surface area contributed by atoms with Crippen molar-refractivity contribution in [2.45, 2.75) is 32.3 Å². The predicted octanol–water partition coefficient (Wildman–Crippen LogP) is 3.74. The lowest BCUT2D eigenvalue weighted by atomic mass is 10.2. The summed E-state index contributed by atoms with van der Waals surface area (Å²) in [5, 5.41) is 0.483. The molecule has 1 aromatic heterocycles. The average molecular weight is 393 g/mol. The van der Waals surface area contributed by atoms with Gasteiger partial charge in [0.1, 0.15) is 5.82 Å². The van der Waals surface area contributed by atoms with Gasteiger partial charge in [-0.25, -0.2) is 4.98 Å². The van der Waals surface area contributed by atoms with Crippen molar-refractivity contribution >= 4 is 43.2 Å². The molecule has 0 aliphatic carbocycles. The Bertz CT molecular complexity index is 787. The predicted molar refractivity (Wildman–Crippen MR) is 87.3 cm³/mol. The maximum atomic E-state index is 12.4. The quantitative estimate of drug-likeness (QED) is 0.862. The second-order valence-electron chi connectivity index (χ2n) is 4.60. The first kappa shape index (κ1) is 16.3. The first-order chi connectivity index (χ1) is 9.74. The molecule has 0 atom stereocenters. The highest BCUT2D eigenvalue weighted by molar-refractivity contribution is 9.10. The number of aromatic nitrogens is 2. The summed E-state index contributed by atoms with van der Waals surface area (Å²) in [6, 6.07) is 3.33. The van der Waals surface area contributed by atoms with Crippen LogP contribution in [-0.4, -0.2) is 18.0 Å². The zero-order valence-corrected chi connectivity index (χ0v) is 15.0. The molecule has 0 bridgehead atoms. The van der Waals surface area contributed by atoms with E-state index in [1.807, 2.05) is 13.8 Å². The van der Waals surface area contributed by atoms with Crippen LogP contribution in [0.1, 0.15) is 18.3 Å². The molecule has 0 aliphatic rings. The van der Waals surface area contributed by atoms with Gasteiger partial charge in [0.25, 0.3) is 10.0 Å². The number of aryl methyl sites for hydroxylation is 3. The number of benzene rings is 1. The van der Waals surface area contributed by atoms with Gasteiger partial charge in [0, 0.05) is 22.2 Å². The van der Waals surface area contributed by atoms with Gasteiger partial charge in [-0.15, -0.1) is 0 Å². The Hall–Kier alpha value is -1.05. The maximum absolute atomic E-state index is 12.4. The fraction of sp³-hybridized carbons (Fsp3) is 0.308. The Kier molecular flexibility index (Phi) is 4.65. The molecule has 1 aromatic carbocycles. The summed E-state index contributed by atoms with van der Waals surface area (Å²) >= 11 is 9.37. The van der Waals surface area contributed by atoms with E-state index in [-0.39, 0.29) is 5.03 Å². The Morgan fingerprint density at radius 2 is 2.05 bits per heavy atom. The molecule has 0 unspecified atom stereocenters. The van der Waals surface area contributed by atoms with Gasteiger partial charge in [-0.3, -0.25) is 4.72 Å². The molecular formula is C13H15BrClN3O2S. The van der Waals surface area contributed by atoms with Gasteiger partial charge in [0.2, 0.25) is 0 Å². The van der Waals surface area contributed by atoms with E-state index in [9.17, 15) is 8.42 Å². The van der Waals surface area contributed by atoms with Gasteiger partial charge < -0.3 is 4.57 Å². The zero-order valence-electron chi connectivity index (χ0n) is 11.8.